The van der Waals surface area contributed by atoms with Crippen LogP contribution in [0, 0.1) is 0 Å². The second-order valence-electron chi connectivity index (χ2n) is 7.56. The summed E-state index contributed by atoms with van der Waals surface area (Å²) in [4.78, 5) is 28.1. The van der Waals surface area contributed by atoms with Crippen LogP contribution in [0.3, 0.4) is 0 Å². The van der Waals surface area contributed by atoms with Crippen molar-refractivity contribution >= 4 is 27.7 Å². The lowest BCUT2D eigenvalue weighted by Crippen LogP contribution is -2.43. The van der Waals surface area contributed by atoms with E-state index in [-0.39, 0.29) is 24.0 Å². The van der Waals surface area contributed by atoms with E-state index in [9.17, 15) is 9.59 Å². The lowest BCUT2D eigenvalue weighted by Gasteiger charge is -2.33. The van der Waals surface area contributed by atoms with Crippen molar-refractivity contribution in [3.63, 3.8) is 0 Å². The number of hydrogen-bond acceptors (Lipinski definition) is 3. The lowest BCUT2D eigenvalue weighted by molar-refractivity contribution is -0.139. The third-order valence-corrected chi connectivity index (χ3v) is 5.76. The number of nitrogens with zero attached hydrogens (tertiary/aromatic N) is 2. The van der Waals surface area contributed by atoms with Crippen molar-refractivity contribution in [2.75, 3.05) is 19.7 Å². The summed E-state index contributed by atoms with van der Waals surface area (Å²) in [6, 6.07) is 25.0. The number of amides is 1. The van der Waals surface area contributed by atoms with Crippen molar-refractivity contribution in [2.24, 2.45) is 0 Å². The van der Waals surface area contributed by atoms with Crippen LogP contribution in [0.1, 0.15) is 11.7 Å². The highest BCUT2D eigenvalue weighted by atomic mass is 16.5. The predicted octanol–water partition coefficient (Wildman–Crippen LogP) is 3.75. The average Bonchev–Trinajstić information content (AvgIpc) is 2.82. The number of carbonyl (C=O) groups is 1. The number of pyridine rings is 1. The first-order valence-corrected chi connectivity index (χ1v) is 10.2. The zero-order valence-corrected chi connectivity index (χ0v) is 16.5. The first-order chi connectivity index (χ1) is 14.7. The quantitative estimate of drug-likeness (QED) is 0.494. The van der Waals surface area contributed by atoms with E-state index in [0.29, 0.717) is 30.5 Å². The van der Waals surface area contributed by atoms with Gasteiger partial charge in [-0.05, 0) is 29.8 Å². The topological polar surface area (TPSA) is 51.5 Å². The molecule has 5 heteroatoms. The number of para-hydroxylation sites is 2. The van der Waals surface area contributed by atoms with Crippen molar-refractivity contribution in [1.29, 1.82) is 0 Å². The van der Waals surface area contributed by atoms with Crippen LogP contribution in [0.2, 0.25) is 0 Å². The Morgan fingerprint density at radius 1 is 0.867 bits per heavy atom. The fourth-order valence-electron chi connectivity index (χ4n) is 4.23. The Kier molecular flexibility index (Phi) is 4.81. The Bertz CT molecular complexity index is 1220. The van der Waals surface area contributed by atoms with Gasteiger partial charge in [0.2, 0.25) is 5.91 Å². The summed E-state index contributed by atoms with van der Waals surface area (Å²) in [6.45, 7) is 1.79. The van der Waals surface area contributed by atoms with Crippen LogP contribution in [-0.4, -0.2) is 35.1 Å². The van der Waals surface area contributed by atoms with Gasteiger partial charge in [0.05, 0.1) is 24.2 Å². The number of benzene rings is 3. The Morgan fingerprint density at radius 3 is 2.13 bits per heavy atom. The van der Waals surface area contributed by atoms with Crippen LogP contribution in [0.5, 0.6) is 0 Å². The molecule has 150 valence electrons. The number of ether oxygens (including phenoxy) is 1. The molecule has 1 aliphatic heterocycles. The van der Waals surface area contributed by atoms with E-state index in [4.69, 9.17) is 4.74 Å². The van der Waals surface area contributed by atoms with Gasteiger partial charge in [-0.25, -0.2) is 0 Å². The molecule has 1 fully saturated rings. The number of hydrogen-bond donors (Lipinski definition) is 0. The Labute approximate surface area is 174 Å². The zero-order valence-electron chi connectivity index (χ0n) is 16.5. The number of fused-ring (bicyclic) bond motifs is 2. The Hall–Kier alpha value is -3.44. The smallest absolute Gasteiger partial charge is 0.242 e. The minimum atomic E-state index is -0.119. The molecule has 0 spiro atoms. The minimum absolute atomic E-state index is 0.000383. The molecule has 3 aromatic carbocycles. The van der Waals surface area contributed by atoms with E-state index in [1.807, 2.05) is 88.3 Å². The van der Waals surface area contributed by atoms with Gasteiger partial charge in [0.25, 0.3) is 0 Å². The molecule has 0 aliphatic carbocycles. The van der Waals surface area contributed by atoms with E-state index >= 15 is 0 Å². The van der Waals surface area contributed by atoms with Crippen LogP contribution in [0.25, 0.3) is 21.8 Å². The summed E-state index contributed by atoms with van der Waals surface area (Å²) < 4.78 is 7.87. The molecule has 4 aromatic rings. The van der Waals surface area contributed by atoms with Gasteiger partial charge in [0.1, 0.15) is 12.6 Å². The highest BCUT2D eigenvalue weighted by molar-refractivity contribution is 5.94. The third kappa shape index (κ3) is 3.27. The molecular formula is C25H22N2O3. The van der Waals surface area contributed by atoms with E-state index in [1.165, 1.54) is 0 Å². The lowest BCUT2D eigenvalue weighted by atomic mass is 10.1. The maximum Gasteiger partial charge on any atom is 0.242 e. The number of aromatic nitrogens is 1. The minimum Gasteiger partial charge on any atom is -0.370 e. The summed E-state index contributed by atoms with van der Waals surface area (Å²) >= 11 is 0. The van der Waals surface area contributed by atoms with Crippen LogP contribution in [0.4, 0.5) is 0 Å². The summed E-state index contributed by atoms with van der Waals surface area (Å²) in [6.07, 6.45) is -0.119. The van der Waals surface area contributed by atoms with E-state index in [0.717, 1.165) is 16.6 Å². The summed E-state index contributed by atoms with van der Waals surface area (Å²) in [5, 5.41) is 1.27. The summed E-state index contributed by atoms with van der Waals surface area (Å²) in [5.74, 6) is 0.0261. The van der Waals surface area contributed by atoms with Gasteiger partial charge >= 0.3 is 0 Å². The van der Waals surface area contributed by atoms with Gasteiger partial charge in [-0.2, -0.15) is 0 Å². The molecule has 1 atom stereocenters. The van der Waals surface area contributed by atoms with Crippen LogP contribution in [-0.2, 0) is 16.1 Å². The van der Waals surface area contributed by atoms with Gasteiger partial charge in [0.15, 0.2) is 5.43 Å². The van der Waals surface area contributed by atoms with Crippen LogP contribution >= 0.6 is 0 Å². The van der Waals surface area contributed by atoms with Crippen molar-refractivity contribution < 1.29 is 9.53 Å². The molecule has 30 heavy (non-hydrogen) atoms. The molecule has 1 aromatic heterocycles. The SMILES string of the molecule is O=C(Cn1c2ccccc2c(=O)c2ccccc21)N1CCOC(c2ccccc2)C1. The highest BCUT2D eigenvalue weighted by Crippen LogP contribution is 2.23. The summed E-state index contributed by atoms with van der Waals surface area (Å²) in [7, 11) is 0. The second-order valence-corrected chi connectivity index (χ2v) is 7.56. The molecule has 5 nitrogen and oxygen atoms in total. The van der Waals surface area contributed by atoms with E-state index in [1.54, 1.807) is 0 Å². The average molecular weight is 398 g/mol. The molecule has 0 saturated carbocycles. The van der Waals surface area contributed by atoms with Crippen molar-refractivity contribution in [3.05, 3.63) is 94.6 Å². The Morgan fingerprint density at radius 2 is 1.47 bits per heavy atom. The first kappa shape index (κ1) is 18.6. The molecule has 1 unspecified atom stereocenters. The van der Waals surface area contributed by atoms with Gasteiger partial charge in [-0.3, -0.25) is 9.59 Å². The largest absolute Gasteiger partial charge is 0.370 e. The highest BCUT2D eigenvalue weighted by Gasteiger charge is 2.26. The fourth-order valence-corrected chi connectivity index (χ4v) is 4.23. The van der Waals surface area contributed by atoms with Gasteiger partial charge in [-0.15, -0.1) is 0 Å². The standard InChI is InChI=1S/C25H22N2O3/c28-24(26-14-15-30-23(16-26)18-8-2-1-3-9-18)17-27-21-12-6-4-10-19(21)25(29)20-11-5-7-13-22(20)27/h1-13,23H,14-17H2. The third-order valence-electron chi connectivity index (χ3n) is 5.76. The summed E-state index contributed by atoms with van der Waals surface area (Å²) in [5.41, 5.74) is 2.64. The van der Waals surface area contributed by atoms with Crippen molar-refractivity contribution in [1.82, 2.24) is 9.47 Å². The molecule has 0 N–H and O–H groups in total. The van der Waals surface area contributed by atoms with E-state index in [2.05, 4.69) is 0 Å². The van der Waals surface area contributed by atoms with Crippen LogP contribution in [0.15, 0.2) is 83.7 Å². The van der Waals surface area contributed by atoms with Crippen molar-refractivity contribution in [2.45, 2.75) is 12.6 Å². The van der Waals surface area contributed by atoms with E-state index < -0.39 is 0 Å². The number of carbonyl (C=O) groups excluding carboxylic acids is 1. The molecule has 1 aliphatic rings. The molecular weight excluding hydrogens is 376 g/mol. The molecule has 5 rings (SSSR count). The monoisotopic (exact) mass is 398 g/mol. The molecule has 1 saturated heterocycles. The van der Waals surface area contributed by atoms with Crippen molar-refractivity contribution in [3.8, 4) is 0 Å². The maximum atomic E-state index is 13.3. The fraction of sp³-hybridized carbons (Fsp3) is 0.200. The molecule has 0 bridgehead atoms. The molecule has 0 radical (unpaired) electrons. The van der Waals surface area contributed by atoms with Gasteiger partial charge in [0, 0.05) is 17.3 Å². The Balaban J connectivity index is 1.50. The zero-order chi connectivity index (χ0) is 20.5. The molecule has 2 heterocycles. The predicted molar refractivity (Wildman–Crippen MR) is 117 cm³/mol. The van der Waals surface area contributed by atoms with Gasteiger partial charge < -0.3 is 14.2 Å². The number of morpholine rings is 1. The van der Waals surface area contributed by atoms with Gasteiger partial charge in [-0.1, -0.05) is 54.6 Å². The number of rotatable bonds is 3. The first-order valence-electron chi connectivity index (χ1n) is 10.2. The maximum absolute atomic E-state index is 13.3. The molecule has 1 amide bonds. The van der Waals surface area contributed by atoms with Crippen LogP contribution < -0.4 is 5.43 Å². The normalized spacial score (nSPS) is 16.8. The second kappa shape index (κ2) is 7.76.